The van der Waals surface area contributed by atoms with Gasteiger partial charge in [0, 0.05) is 37.1 Å². The Balaban J connectivity index is 1.28. The molecule has 1 aliphatic rings. The van der Waals surface area contributed by atoms with E-state index in [0.717, 1.165) is 35.8 Å². The molecule has 0 bridgehead atoms. The lowest BCUT2D eigenvalue weighted by Gasteiger charge is -2.16. The Labute approximate surface area is 178 Å². The van der Waals surface area contributed by atoms with E-state index in [4.69, 9.17) is 4.42 Å². The highest BCUT2D eigenvalue weighted by atomic mass is 19.1. The van der Waals surface area contributed by atoms with Gasteiger partial charge in [0.25, 0.3) is 0 Å². The molecule has 0 radical (unpaired) electrons. The summed E-state index contributed by atoms with van der Waals surface area (Å²) in [7, 11) is 0. The number of benzene rings is 3. The van der Waals surface area contributed by atoms with E-state index in [-0.39, 0.29) is 22.9 Å². The van der Waals surface area contributed by atoms with Gasteiger partial charge in [0.05, 0.1) is 11.6 Å². The Morgan fingerprint density at radius 3 is 2.81 bits per heavy atom. The topological polar surface area (TPSA) is 50.5 Å². The summed E-state index contributed by atoms with van der Waals surface area (Å²) >= 11 is 0. The molecular weight excluding hydrogens is 393 g/mol. The second kappa shape index (κ2) is 8.08. The molecule has 0 aliphatic carbocycles. The van der Waals surface area contributed by atoms with E-state index < -0.39 is 0 Å². The highest BCUT2D eigenvalue weighted by Gasteiger charge is 2.26. The summed E-state index contributed by atoms with van der Waals surface area (Å²) in [5.41, 5.74) is 1.85. The van der Waals surface area contributed by atoms with Gasteiger partial charge in [0.1, 0.15) is 11.4 Å². The highest BCUT2D eigenvalue weighted by molar-refractivity contribution is 6.02. The second-order valence-corrected chi connectivity index (χ2v) is 8.18. The Bertz CT molecular complexity index is 1340. The van der Waals surface area contributed by atoms with E-state index in [0.29, 0.717) is 29.5 Å². The van der Waals surface area contributed by atoms with Crippen LogP contribution >= 0.6 is 0 Å². The van der Waals surface area contributed by atoms with Crippen LogP contribution in [0.3, 0.4) is 0 Å². The van der Waals surface area contributed by atoms with Crippen LogP contribution in [0.4, 0.5) is 4.39 Å². The minimum absolute atomic E-state index is 0.0749. The Hall–Kier alpha value is -3.31. The number of ketones is 1. The first-order valence-electron chi connectivity index (χ1n) is 10.5. The molecule has 5 heteroatoms. The van der Waals surface area contributed by atoms with Crippen LogP contribution in [0.25, 0.3) is 21.7 Å². The molecule has 1 fully saturated rings. The molecular formula is C26H22FNO3. The van der Waals surface area contributed by atoms with Crippen LogP contribution in [-0.2, 0) is 0 Å². The zero-order valence-corrected chi connectivity index (χ0v) is 17.0. The molecule has 31 heavy (non-hydrogen) atoms. The molecule has 2 heterocycles. The van der Waals surface area contributed by atoms with E-state index in [1.165, 1.54) is 18.4 Å². The van der Waals surface area contributed by atoms with Gasteiger partial charge in [0.2, 0.25) is 0 Å². The van der Waals surface area contributed by atoms with Gasteiger partial charge in [-0.1, -0.05) is 30.3 Å². The predicted molar refractivity (Wildman–Crippen MR) is 119 cm³/mol. The van der Waals surface area contributed by atoms with Crippen LogP contribution in [-0.4, -0.2) is 30.3 Å². The van der Waals surface area contributed by atoms with Gasteiger partial charge in [-0.25, -0.2) is 4.39 Å². The van der Waals surface area contributed by atoms with Crippen LogP contribution in [0.1, 0.15) is 34.7 Å². The smallest absolute Gasteiger partial charge is 0.192 e. The first-order valence-corrected chi connectivity index (χ1v) is 10.5. The van der Waals surface area contributed by atoms with E-state index in [1.54, 1.807) is 12.1 Å². The molecule has 1 atom stereocenters. The van der Waals surface area contributed by atoms with Crippen molar-refractivity contribution in [2.45, 2.75) is 18.8 Å². The molecule has 0 N–H and O–H groups in total. The fraction of sp³-hybridized carbons (Fsp3) is 0.231. The molecule has 1 saturated heterocycles. The van der Waals surface area contributed by atoms with Crippen molar-refractivity contribution in [3.63, 3.8) is 0 Å². The van der Waals surface area contributed by atoms with Gasteiger partial charge in [-0.2, -0.15) is 0 Å². The van der Waals surface area contributed by atoms with Crippen LogP contribution in [0.15, 0.2) is 76.1 Å². The van der Waals surface area contributed by atoms with Gasteiger partial charge in [-0.15, -0.1) is 0 Å². The fourth-order valence-electron chi connectivity index (χ4n) is 4.50. The Kier molecular flexibility index (Phi) is 5.12. The van der Waals surface area contributed by atoms with Crippen molar-refractivity contribution in [3.05, 3.63) is 94.1 Å². The normalized spacial score (nSPS) is 16.9. The van der Waals surface area contributed by atoms with Crippen molar-refractivity contribution in [3.8, 4) is 0 Å². The summed E-state index contributed by atoms with van der Waals surface area (Å²) in [6, 6.07) is 17.5. The zero-order valence-electron chi connectivity index (χ0n) is 17.0. The molecule has 1 unspecified atom stereocenters. The maximum atomic E-state index is 14.1. The summed E-state index contributed by atoms with van der Waals surface area (Å²) in [6.45, 7) is 2.31. The molecule has 5 rings (SSSR count). The first kappa shape index (κ1) is 19.6. The van der Waals surface area contributed by atoms with Crippen LogP contribution in [0.2, 0.25) is 0 Å². The van der Waals surface area contributed by atoms with Gasteiger partial charge < -0.3 is 9.32 Å². The standard InChI is InChI=1S/C26H22FNO3/c27-23-4-2-1-3-21(23)19-7-10-28(16-19)11-8-24(29)18-6-5-17-14-22-25(30)9-12-31-26(22)15-20(17)13-18/h1-6,9,12-15,19H,7-8,10-11,16H2. The highest BCUT2D eigenvalue weighted by Crippen LogP contribution is 2.29. The number of Topliss-reactive ketones (excluding diaryl/α,β-unsaturated/α-hetero) is 1. The molecule has 1 aliphatic heterocycles. The second-order valence-electron chi connectivity index (χ2n) is 8.18. The predicted octanol–water partition coefficient (Wildman–Crippen LogP) is 5.15. The van der Waals surface area contributed by atoms with Gasteiger partial charge in [0.15, 0.2) is 11.2 Å². The number of hydrogen-bond donors (Lipinski definition) is 0. The lowest BCUT2D eigenvalue weighted by atomic mass is 9.98. The van der Waals surface area contributed by atoms with E-state index >= 15 is 0 Å². The van der Waals surface area contributed by atoms with E-state index in [2.05, 4.69) is 4.90 Å². The average Bonchev–Trinajstić information content (AvgIpc) is 3.25. The minimum atomic E-state index is -0.148. The van der Waals surface area contributed by atoms with Crippen molar-refractivity contribution in [1.29, 1.82) is 0 Å². The van der Waals surface area contributed by atoms with Crippen LogP contribution in [0, 0.1) is 5.82 Å². The van der Waals surface area contributed by atoms with E-state index in [9.17, 15) is 14.0 Å². The summed E-state index contributed by atoms with van der Waals surface area (Å²) in [4.78, 5) is 27.0. The monoisotopic (exact) mass is 415 g/mol. The molecule has 1 aromatic heterocycles. The summed E-state index contributed by atoms with van der Waals surface area (Å²) in [5, 5.41) is 2.30. The van der Waals surface area contributed by atoms with Crippen LogP contribution < -0.4 is 5.43 Å². The fourth-order valence-corrected chi connectivity index (χ4v) is 4.50. The van der Waals surface area contributed by atoms with Crippen molar-refractivity contribution in [1.82, 2.24) is 4.90 Å². The van der Waals surface area contributed by atoms with Crippen molar-refractivity contribution in [2.24, 2.45) is 0 Å². The third-order valence-corrected chi connectivity index (χ3v) is 6.21. The van der Waals surface area contributed by atoms with Crippen LogP contribution in [0.5, 0.6) is 0 Å². The quantitative estimate of drug-likeness (QED) is 0.334. The maximum absolute atomic E-state index is 14.1. The number of halogens is 1. The third-order valence-electron chi connectivity index (χ3n) is 6.21. The number of carbonyl (C=O) groups is 1. The third kappa shape index (κ3) is 3.89. The van der Waals surface area contributed by atoms with Gasteiger partial charge in [-0.3, -0.25) is 9.59 Å². The minimum Gasteiger partial charge on any atom is -0.464 e. The van der Waals surface area contributed by atoms with Crippen molar-refractivity contribution in [2.75, 3.05) is 19.6 Å². The number of fused-ring (bicyclic) bond motifs is 2. The van der Waals surface area contributed by atoms with Gasteiger partial charge >= 0.3 is 0 Å². The maximum Gasteiger partial charge on any atom is 0.192 e. The van der Waals surface area contributed by atoms with Gasteiger partial charge in [-0.05, 0) is 53.6 Å². The number of carbonyl (C=O) groups excluding carboxylic acids is 1. The Morgan fingerprint density at radius 2 is 1.94 bits per heavy atom. The average molecular weight is 415 g/mol. The van der Waals surface area contributed by atoms with Crippen molar-refractivity contribution < 1.29 is 13.6 Å². The largest absolute Gasteiger partial charge is 0.464 e. The molecule has 3 aromatic carbocycles. The zero-order chi connectivity index (χ0) is 21.4. The SMILES string of the molecule is O=C(CCN1CCC(c2ccccc2F)C1)c1ccc2cc3c(=O)ccoc3cc2c1. The molecule has 4 aromatic rings. The summed E-state index contributed by atoms with van der Waals surface area (Å²) < 4.78 is 19.5. The molecule has 0 amide bonds. The molecule has 156 valence electrons. The number of rotatable bonds is 5. The molecule has 0 saturated carbocycles. The number of likely N-dealkylation sites (tertiary alicyclic amines) is 1. The number of hydrogen-bond acceptors (Lipinski definition) is 4. The summed E-state index contributed by atoms with van der Waals surface area (Å²) in [5.74, 6) is 0.107. The lowest BCUT2D eigenvalue weighted by Crippen LogP contribution is -2.23. The summed E-state index contributed by atoms with van der Waals surface area (Å²) in [6.07, 6.45) is 2.71. The molecule has 4 nitrogen and oxygen atoms in total. The molecule has 0 spiro atoms. The van der Waals surface area contributed by atoms with Crippen molar-refractivity contribution >= 4 is 27.5 Å². The lowest BCUT2D eigenvalue weighted by molar-refractivity contribution is 0.0968. The number of nitrogens with zero attached hydrogens (tertiary/aromatic N) is 1. The first-order chi connectivity index (χ1) is 15.1. The van der Waals surface area contributed by atoms with E-state index in [1.807, 2.05) is 36.4 Å². The Morgan fingerprint density at radius 1 is 1.06 bits per heavy atom.